The maximum absolute atomic E-state index is 10.6. The van der Waals surface area contributed by atoms with Crippen molar-refractivity contribution in [1.29, 1.82) is 0 Å². The molecule has 0 saturated heterocycles. The Kier molecular flexibility index (Phi) is 3.74. The summed E-state index contributed by atoms with van der Waals surface area (Å²) in [4.78, 5) is 10.6. The van der Waals surface area contributed by atoms with Crippen LogP contribution in [0.3, 0.4) is 0 Å². The van der Waals surface area contributed by atoms with E-state index in [-0.39, 0.29) is 18.1 Å². The molecule has 0 amide bonds. The number of phenols is 1. The minimum Gasteiger partial charge on any atom is -0.508 e. The Labute approximate surface area is 96.9 Å². The average molecular weight is 273 g/mol. The third-order valence-corrected chi connectivity index (χ3v) is 2.88. The summed E-state index contributed by atoms with van der Waals surface area (Å²) in [6.07, 6.45) is 0.00915. The number of aromatic hydroxyl groups is 1. The van der Waals surface area contributed by atoms with Gasteiger partial charge < -0.3 is 10.2 Å². The molecular weight excluding hydrogens is 260 g/mol. The van der Waals surface area contributed by atoms with Crippen LogP contribution in [0.1, 0.15) is 30.4 Å². The summed E-state index contributed by atoms with van der Waals surface area (Å²) in [5, 5.41) is 18.4. The summed E-state index contributed by atoms with van der Waals surface area (Å²) in [7, 11) is 0. The van der Waals surface area contributed by atoms with Gasteiger partial charge in [0.05, 0.1) is 6.42 Å². The number of carboxylic acid groups (broad SMARTS) is 1. The van der Waals surface area contributed by atoms with Gasteiger partial charge in [0.15, 0.2) is 0 Å². The van der Waals surface area contributed by atoms with E-state index in [0.29, 0.717) is 5.56 Å². The summed E-state index contributed by atoms with van der Waals surface area (Å²) in [5.74, 6) is -0.928. The molecule has 0 aliphatic heterocycles. The number of hydrogen-bond acceptors (Lipinski definition) is 2. The molecule has 0 fully saturated rings. The van der Waals surface area contributed by atoms with E-state index in [4.69, 9.17) is 5.11 Å². The number of aliphatic carboxylic acids is 1. The first-order chi connectivity index (χ1) is 6.91. The van der Waals surface area contributed by atoms with Crippen molar-refractivity contribution >= 4 is 21.9 Å². The Morgan fingerprint density at radius 1 is 1.53 bits per heavy atom. The van der Waals surface area contributed by atoms with Crippen molar-refractivity contribution in [1.82, 2.24) is 0 Å². The van der Waals surface area contributed by atoms with Crippen LogP contribution in [0.5, 0.6) is 5.75 Å². The van der Waals surface area contributed by atoms with Crippen LogP contribution in [0.15, 0.2) is 16.6 Å². The van der Waals surface area contributed by atoms with Gasteiger partial charge in [0.2, 0.25) is 0 Å². The number of carbonyl (C=O) groups is 1. The van der Waals surface area contributed by atoms with Crippen LogP contribution in [0.4, 0.5) is 0 Å². The van der Waals surface area contributed by atoms with Crippen LogP contribution in [0, 0.1) is 6.92 Å². The molecule has 0 radical (unpaired) electrons. The Morgan fingerprint density at radius 2 is 2.13 bits per heavy atom. The second kappa shape index (κ2) is 4.66. The number of aryl methyl sites for hydroxylation is 1. The fourth-order valence-electron chi connectivity index (χ4n) is 1.59. The Balaban J connectivity index is 3.08. The Hall–Kier alpha value is -1.03. The Bertz CT molecular complexity index is 364. The molecule has 2 N–H and O–H groups in total. The van der Waals surface area contributed by atoms with Crippen molar-refractivity contribution in [2.24, 2.45) is 0 Å². The molecule has 1 aromatic carbocycles. The molecular formula is C11H13BrO3. The van der Waals surface area contributed by atoms with E-state index in [0.717, 1.165) is 10.0 Å². The van der Waals surface area contributed by atoms with Crippen molar-refractivity contribution in [3.8, 4) is 5.75 Å². The molecule has 0 aromatic heterocycles. The lowest BCUT2D eigenvalue weighted by Crippen LogP contribution is -2.04. The minimum absolute atomic E-state index is 0.00915. The first kappa shape index (κ1) is 12.0. The average Bonchev–Trinajstić information content (AvgIpc) is 1.99. The summed E-state index contributed by atoms with van der Waals surface area (Å²) < 4.78 is 0.758. The molecule has 82 valence electrons. The fraction of sp³-hybridized carbons (Fsp3) is 0.364. The SMILES string of the molecule is Cc1cc(O)c(C(C)CC(=O)O)c(Br)c1. The highest BCUT2D eigenvalue weighted by molar-refractivity contribution is 9.10. The third kappa shape index (κ3) is 2.96. The zero-order valence-electron chi connectivity index (χ0n) is 8.62. The van der Waals surface area contributed by atoms with E-state index in [2.05, 4.69) is 15.9 Å². The van der Waals surface area contributed by atoms with Gasteiger partial charge in [-0.3, -0.25) is 4.79 Å². The Morgan fingerprint density at radius 3 is 2.60 bits per heavy atom. The molecule has 1 atom stereocenters. The van der Waals surface area contributed by atoms with E-state index in [1.54, 1.807) is 13.0 Å². The number of benzene rings is 1. The topological polar surface area (TPSA) is 57.5 Å². The van der Waals surface area contributed by atoms with Gasteiger partial charge in [-0.25, -0.2) is 0 Å². The van der Waals surface area contributed by atoms with Gasteiger partial charge in [-0.1, -0.05) is 22.9 Å². The molecule has 4 heteroatoms. The quantitative estimate of drug-likeness (QED) is 0.889. The zero-order valence-corrected chi connectivity index (χ0v) is 10.2. The van der Waals surface area contributed by atoms with Gasteiger partial charge in [-0.05, 0) is 30.5 Å². The summed E-state index contributed by atoms with van der Waals surface area (Å²) >= 11 is 3.34. The standard InChI is InChI=1S/C11H13BrO3/c1-6-3-8(12)11(9(13)4-6)7(2)5-10(14)15/h3-4,7,13H,5H2,1-2H3,(H,14,15). The smallest absolute Gasteiger partial charge is 0.303 e. The number of phenolic OH excluding ortho intramolecular Hbond substituents is 1. The second-order valence-corrected chi connectivity index (χ2v) is 4.53. The van der Waals surface area contributed by atoms with Crippen LogP contribution in [0.2, 0.25) is 0 Å². The molecule has 1 unspecified atom stereocenters. The first-order valence-electron chi connectivity index (χ1n) is 4.62. The summed E-state index contributed by atoms with van der Waals surface area (Å²) in [6.45, 7) is 3.65. The molecule has 15 heavy (non-hydrogen) atoms. The third-order valence-electron chi connectivity index (χ3n) is 2.23. The summed E-state index contributed by atoms with van der Waals surface area (Å²) in [6, 6.07) is 3.51. The molecule has 1 rings (SSSR count). The lowest BCUT2D eigenvalue weighted by atomic mass is 9.96. The van der Waals surface area contributed by atoms with Gasteiger partial charge in [-0.2, -0.15) is 0 Å². The molecule has 0 aliphatic rings. The molecule has 0 saturated carbocycles. The second-order valence-electron chi connectivity index (χ2n) is 3.68. The number of rotatable bonds is 3. The van der Waals surface area contributed by atoms with Gasteiger partial charge in [0.25, 0.3) is 0 Å². The summed E-state index contributed by atoms with van der Waals surface area (Å²) in [5.41, 5.74) is 1.59. The maximum atomic E-state index is 10.6. The number of carboxylic acids is 1. The highest BCUT2D eigenvalue weighted by atomic mass is 79.9. The first-order valence-corrected chi connectivity index (χ1v) is 5.42. The van der Waals surface area contributed by atoms with Crippen LogP contribution in [-0.4, -0.2) is 16.2 Å². The van der Waals surface area contributed by atoms with E-state index >= 15 is 0 Å². The number of hydrogen-bond donors (Lipinski definition) is 2. The van der Waals surface area contributed by atoms with Gasteiger partial charge >= 0.3 is 5.97 Å². The maximum Gasteiger partial charge on any atom is 0.303 e. The van der Waals surface area contributed by atoms with Crippen molar-refractivity contribution in [2.75, 3.05) is 0 Å². The zero-order chi connectivity index (χ0) is 11.6. The van der Waals surface area contributed by atoms with Crippen molar-refractivity contribution in [2.45, 2.75) is 26.2 Å². The molecule has 1 aromatic rings. The van der Waals surface area contributed by atoms with Gasteiger partial charge in [0, 0.05) is 10.0 Å². The largest absolute Gasteiger partial charge is 0.508 e. The number of halogens is 1. The normalized spacial score (nSPS) is 12.5. The van der Waals surface area contributed by atoms with Crippen LogP contribution in [0.25, 0.3) is 0 Å². The predicted octanol–water partition coefficient (Wildman–Crippen LogP) is 3.04. The van der Waals surface area contributed by atoms with Crippen molar-refractivity contribution in [3.05, 3.63) is 27.7 Å². The van der Waals surface area contributed by atoms with E-state index in [1.165, 1.54) is 0 Å². The monoisotopic (exact) mass is 272 g/mol. The van der Waals surface area contributed by atoms with E-state index < -0.39 is 5.97 Å². The molecule has 0 heterocycles. The molecule has 0 spiro atoms. The van der Waals surface area contributed by atoms with Gasteiger partial charge in [0.1, 0.15) is 5.75 Å². The van der Waals surface area contributed by atoms with Crippen LogP contribution >= 0.6 is 15.9 Å². The van der Waals surface area contributed by atoms with Crippen LogP contribution < -0.4 is 0 Å². The molecule has 0 bridgehead atoms. The predicted molar refractivity (Wildman–Crippen MR) is 61.2 cm³/mol. The molecule has 3 nitrogen and oxygen atoms in total. The van der Waals surface area contributed by atoms with Gasteiger partial charge in [-0.15, -0.1) is 0 Å². The van der Waals surface area contributed by atoms with Crippen LogP contribution in [-0.2, 0) is 4.79 Å². The fourth-order valence-corrected chi connectivity index (χ4v) is 2.54. The highest BCUT2D eigenvalue weighted by Crippen LogP contribution is 2.35. The van der Waals surface area contributed by atoms with Crippen molar-refractivity contribution < 1.29 is 15.0 Å². The van der Waals surface area contributed by atoms with E-state index in [9.17, 15) is 9.90 Å². The lowest BCUT2D eigenvalue weighted by Gasteiger charge is -2.14. The van der Waals surface area contributed by atoms with Crippen molar-refractivity contribution in [3.63, 3.8) is 0 Å². The lowest BCUT2D eigenvalue weighted by molar-refractivity contribution is -0.137. The minimum atomic E-state index is -0.866. The highest BCUT2D eigenvalue weighted by Gasteiger charge is 2.17. The van der Waals surface area contributed by atoms with E-state index in [1.807, 2.05) is 13.0 Å². The molecule has 0 aliphatic carbocycles.